The zero-order chi connectivity index (χ0) is 21.8. The van der Waals surface area contributed by atoms with Crippen molar-refractivity contribution in [1.82, 2.24) is 35.0 Å². The topological polar surface area (TPSA) is 111 Å². The third-order valence-electron chi connectivity index (χ3n) is 5.09. The molecule has 0 bridgehead atoms. The normalized spacial score (nSPS) is 11.0. The number of rotatable bonds is 7. The smallest absolute Gasteiger partial charge is 0.274 e. The molecule has 1 N–H and O–H groups in total. The van der Waals surface area contributed by atoms with Gasteiger partial charge < -0.3 is 0 Å². The highest BCUT2D eigenvalue weighted by Gasteiger charge is 2.17. The van der Waals surface area contributed by atoms with Gasteiger partial charge in [0.05, 0.1) is 6.54 Å². The SMILES string of the molecule is CCCC(=O)n1nc(CC)n(Cc2ccc(-c3ccccc3-c3nnn[nH]3)cc2)c1=O. The van der Waals surface area contributed by atoms with E-state index in [1.807, 2.05) is 62.4 Å². The Bertz CT molecular complexity index is 1240. The van der Waals surface area contributed by atoms with Crippen LogP contribution in [0, 0.1) is 0 Å². The summed E-state index contributed by atoms with van der Waals surface area (Å²) in [6, 6.07) is 15.8. The van der Waals surface area contributed by atoms with Crippen molar-refractivity contribution in [3.05, 3.63) is 70.4 Å². The maximum absolute atomic E-state index is 12.8. The zero-order valence-electron chi connectivity index (χ0n) is 17.4. The lowest BCUT2D eigenvalue weighted by Crippen LogP contribution is -2.30. The quantitative estimate of drug-likeness (QED) is 0.495. The number of hydrogen-bond acceptors (Lipinski definition) is 6. The largest absolute Gasteiger partial charge is 0.353 e. The summed E-state index contributed by atoms with van der Waals surface area (Å²) in [6.07, 6.45) is 1.54. The van der Waals surface area contributed by atoms with Gasteiger partial charge in [-0.15, -0.1) is 14.9 Å². The van der Waals surface area contributed by atoms with Crippen molar-refractivity contribution in [3.63, 3.8) is 0 Å². The van der Waals surface area contributed by atoms with Crippen molar-refractivity contribution in [2.75, 3.05) is 0 Å². The minimum absolute atomic E-state index is 0.269. The van der Waals surface area contributed by atoms with Crippen LogP contribution < -0.4 is 5.69 Å². The number of aryl methyl sites for hydroxylation is 1. The van der Waals surface area contributed by atoms with Crippen LogP contribution in [0.3, 0.4) is 0 Å². The summed E-state index contributed by atoms with van der Waals surface area (Å²) < 4.78 is 2.56. The number of tetrazole rings is 1. The van der Waals surface area contributed by atoms with Crippen molar-refractivity contribution in [1.29, 1.82) is 0 Å². The Morgan fingerprint density at radius 2 is 1.77 bits per heavy atom. The lowest BCUT2D eigenvalue weighted by molar-refractivity contribution is 0.0880. The predicted octanol–water partition coefficient (Wildman–Crippen LogP) is 2.94. The van der Waals surface area contributed by atoms with Gasteiger partial charge in [0.25, 0.3) is 5.91 Å². The summed E-state index contributed by atoms with van der Waals surface area (Å²) in [5.74, 6) is 0.930. The van der Waals surface area contributed by atoms with Crippen LogP contribution in [0.1, 0.15) is 42.9 Å². The number of nitrogens with zero attached hydrogens (tertiary/aromatic N) is 6. The van der Waals surface area contributed by atoms with Crippen molar-refractivity contribution in [2.24, 2.45) is 0 Å². The molecule has 2 aromatic heterocycles. The van der Waals surface area contributed by atoms with Crippen molar-refractivity contribution >= 4 is 5.91 Å². The molecule has 0 atom stereocenters. The average Bonchev–Trinajstić information content (AvgIpc) is 3.43. The van der Waals surface area contributed by atoms with Gasteiger partial charge in [-0.2, -0.15) is 0 Å². The van der Waals surface area contributed by atoms with Crippen molar-refractivity contribution in [2.45, 2.75) is 39.7 Å². The van der Waals surface area contributed by atoms with Crippen LogP contribution >= 0.6 is 0 Å². The molecule has 2 heterocycles. The Labute approximate surface area is 178 Å². The Morgan fingerprint density at radius 1 is 1.03 bits per heavy atom. The molecule has 0 radical (unpaired) electrons. The maximum atomic E-state index is 12.8. The first kappa shape index (κ1) is 20.4. The first-order chi connectivity index (χ1) is 15.1. The highest BCUT2D eigenvalue weighted by atomic mass is 16.2. The molecule has 2 aromatic carbocycles. The number of nitrogens with one attached hydrogen (secondary N) is 1. The van der Waals surface area contributed by atoms with E-state index < -0.39 is 0 Å². The first-order valence-corrected chi connectivity index (χ1v) is 10.3. The van der Waals surface area contributed by atoms with E-state index in [2.05, 4.69) is 25.7 Å². The van der Waals surface area contributed by atoms with Crippen LogP contribution in [0.25, 0.3) is 22.5 Å². The third kappa shape index (κ3) is 4.07. The molecule has 0 unspecified atom stereocenters. The molecule has 0 aliphatic heterocycles. The molecule has 158 valence electrons. The fourth-order valence-electron chi connectivity index (χ4n) is 3.53. The number of carbonyl (C=O) groups excluding carboxylic acids is 1. The van der Waals surface area contributed by atoms with Crippen LogP contribution in [0.5, 0.6) is 0 Å². The summed E-state index contributed by atoms with van der Waals surface area (Å²) >= 11 is 0. The maximum Gasteiger partial charge on any atom is 0.353 e. The fourth-order valence-corrected chi connectivity index (χ4v) is 3.53. The van der Waals surface area contributed by atoms with Crippen LogP contribution in [-0.4, -0.2) is 40.9 Å². The second kappa shape index (κ2) is 8.86. The highest BCUT2D eigenvalue weighted by molar-refractivity contribution is 5.80. The lowest BCUT2D eigenvalue weighted by atomic mass is 9.98. The van der Waals surface area contributed by atoms with Crippen LogP contribution in [-0.2, 0) is 13.0 Å². The molecule has 4 rings (SSSR count). The predicted molar refractivity (Wildman–Crippen MR) is 116 cm³/mol. The summed E-state index contributed by atoms with van der Waals surface area (Å²) in [7, 11) is 0. The van der Waals surface area contributed by atoms with Crippen molar-refractivity contribution < 1.29 is 4.79 Å². The summed E-state index contributed by atoms with van der Waals surface area (Å²) in [4.78, 5) is 25.0. The molecule has 9 heteroatoms. The molecule has 0 saturated carbocycles. The lowest BCUT2D eigenvalue weighted by Gasteiger charge is -2.09. The van der Waals surface area contributed by atoms with E-state index >= 15 is 0 Å². The van der Waals surface area contributed by atoms with E-state index in [4.69, 9.17) is 0 Å². The molecule has 0 aliphatic carbocycles. The number of hydrogen-bond donors (Lipinski definition) is 1. The van der Waals surface area contributed by atoms with E-state index in [9.17, 15) is 9.59 Å². The molecule has 0 amide bonds. The Morgan fingerprint density at radius 3 is 2.42 bits per heavy atom. The van der Waals surface area contributed by atoms with E-state index in [1.165, 1.54) is 0 Å². The first-order valence-electron chi connectivity index (χ1n) is 10.3. The van der Waals surface area contributed by atoms with Crippen molar-refractivity contribution in [3.8, 4) is 22.5 Å². The van der Waals surface area contributed by atoms with E-state index in [1.54, 1.807) is 4.57 Å². The van der Waals surface area contributed by atoms with E-state index in [0.717, 1.165) is 26.9 Å². The molecule has 31 heavy (non-hydrogen) atoms. The number of aromatic nitrogens is 7. The Balaban J connectivity index is 1.63. The minimum atomic E-state index is -0.387. The van der Waals surface area contributed by atoms with Crippen LogP contribution in [0.15, 0.2) is 53.3 Å². The van der Waals surface area contributed by atoms with Gasteiger partial charge in [-0.3, -0.25) is 9.36 Å². The average molecular weight is 417 g/mol. The van der Waals surface area contributed by atoms with Gasteiger partial charge in [-0.05, 0) is 33.5 Å². The highest BCUT2D eigenvalue weighted by Crippen LogP contribution is 2.29. The number of benzene rings is 2. The molecule has 0 fully saturated rings. The monoisotopic (exact) mass is 417 g/mol. The standard InChI is InChI=1S/C22H23N7O2/c1-3-7-20(30)29-22(31)28(19(4-2)25-29)14-15-10-12-16(13-11-15)17-8-5-6-9-18(17)21-23-26-27-24-21/h5-6,8-13H,3-4,7,14H2,1-2H3,(H,23,24,26,27). The fraction of sp³-hybridized carbons (Fsp3) is 0.273. The number of carbonyl (C=O) groups is 1. The van der Waals surface area contributed by atoms with Gasteiger partial charge in [0.2, 0.25) is 0 Å². The van der Waals surface area contributed by atoms with E-state index in [-0.39, 0.29) is 11.6 Å². The second-order valence-corrected chi connectivity index (χ2v) is 7.19. The molecule has 0 saturated heterocycles. The Kier molecular flexibility index (Phi) is 5.83. The van der Waals surface area contributed by atoms with Gasteiger partial charge in [0.15, 0.2) is 5.82 Å². The van der Waals surface area contributed by atoms with Gasteiger partial charge in [-0.1, -0.05) is 62.4 Å². The van der Waals surface area contributed by atoms with Gasteiger partial charge in [0.1, 0.15) is 5.82 Å². The Hall–Kier alpha value is -3.88. The summed E-state index contributed by atoms with van der Waals surface area (Å²) in [6.45, 7) is 4.18. The third-order valence-corrected chi connectivity index (χ3v) is 5.09. The van der Waals surface area contributed by atoms with Crippen LogP contribution in [0.4, 0.5) is 0 Å². The van der Waals surface area contributed by atoms with Gasteiger partial charge in [-0.25, -0.2) is 9.89 Å². The summed E-state index contributed by atoms with van der Waals surface area (Å²) in [5.41, 5.74) is 3.47. The molecule has 0 spiro atoms. The van der Waals surface area contributed by atoms with E-state index in [0.29, 0.717) is 37.5 Å². The molecular formula is C22H23N7O2. The van der Waals surface area contributed by atoms with Crippen LogP contribution in [0.2, 0.25) is 0 Å². The second-order valence-electron chi connectivity index (χ2n) is 7.19. The zero-order valence-corrected chi connectivity index (χ0v) is 17.4. The molecule has 9 nitrogen and oxygen atoms in total. The van der Waals surface area contributed by atoms with Gasteiger partial charge >= 0.3 is 5.69 Å². The summed E-state index contributed by atoms with van der Waals surface area (Å²) in [5, 5.41) is 18.4. The van der Waals surface area contributed by atoms with Gasteiger partial charge in [0, 0.05) is 18.4 Å². The molecular weight excluding hydrogens is 394 g/mol. The molecule has 0 aliphatic rings. The molecule has 4 aromatic rings. The number of aromatic amines is 1. The number of H-pyrrole nitrogens is 1. The minimum Gasteiger partial charge on any atom is -0.274 e.